The average Bonchev–Trinajstić information content (AvgIpc) is 2.38. The first-order valence-electron chi connectivity index (χ1n) is 6.28. The van der Waals surface area contributed by atoms with Crippen molar-refractivity contribution in [3.8, 4) is 11.5 Å². The van der Waals surface area contributed by atoms with Crippen molar-refractivity contribution in [1.29, 1.82) is 0 Å². The molecule has 4 nitrogen and oxygen atoms in total. The molecule has 0 saturated carbocycles. The van der Waals surface area contributed by atoms with E-state index in [4.69, 9.17) is 9.47 Å². The van der Waals surface area contributed by atoms with Crippen LogP contribution in [0.25, 0.3) is 0 Å². The van der Waals surface area contributed by atoms with E-state index in [1.54, 1.807) is 7.11 Å². The second-order valence-electron chi connectivity index (χ2n) is 4.92. The molecule has 0 amide bonds. The highest BCUT2D eigenvalue weighted by molar-refractivity contribution is 9.10. The summed E-state index contributed by atoms with van der Waals surface area (Å²) < 4.78 is 11.9. The zero-order valence-corrected chi connectivity index (χ0v) is 14.7. The SMILES string of the molecule is CCOc1c(CNC(C)(C)CO)cc(Br)cc1OC.Cl. The second-order valence-corrected chi connectivity index (χ2v) is 5.84. The number of benzene rings is 1. The maximum atomic E-state index is 9.27. The standard InChI is InChI=1S/C14H22BrNO3.ClH/c1-5-19-13-10(8-16-14(2,3)9-17)6-11(15)7-12(13)18-4;/h6-7,16-17H,5,8-9H2,1-4H3;1H. The minimum absolute atomic E-state index is 0. The lowest BCUT2D eigenvalue weighted by atomic mass is 10.1. The molecule has 0 aliphatic heterocycles. The molecule has 0 radical (unpaired) electrons. The molecule has 0 aliphatic carbocycles. The largest absolute Gasteiger partial charge is 0.493 e. The molecule has 0 atom stereocenters. The van der Waals surface area contributed by atoms with Crippen LogP contribution in [0.3, 0.4) is 0 Å². The molecular formula is C14H23BrClNO3. The zero-order chi connectivity index (χ0) is 14.5. The number of halogens is 2. The Bertz CT molecular complexity index is 427. The van der Waals surface area contributed by atoms with Crippen LogP contribution in [0.5, 0.6) is 11.5 Å². The summed E-state index contributed by atoms with van der Waals surface area (Å²) in [4.78, 5) is 0. The van der Waals surface area contributed by atoms with E-state index in [1.165, 1.54) is 0 Å². The lowest BCUT2D eigenvalue weighted by Crippen LogP contribution is -2.42. The third kappa shape index (κ3) is 5.48. The number of aliphatic hydroxyl groups excluding tert-OH is 1. The van der Waals surface area contributed by atoms with Crippen molar-refractivity contribution in [3.05, 3.63) is 22.2 Å². The molecule has 0 spiro atoms. The van der Waals surface area contributed by atoms with Gasteiger partial charge in [0.2, 0.25) is 0 Å². The molecule has 116 valence electrons. The Morgan fingerprint density at radius 3 is 2.50 bits per heavy atom. The molecule has 6 heteroatoms. The number of rotatable bonds is 7. The highest BCUT2D eigenvalue weighted by Crippen LogP contribution is 2.35. The Hall–Kier alpha value is -0.490. The predicted molar refractivity (Wildman–Crippen MR) is 87.1 cm³/mol. The first kappa shape index (κ1) is 19.5. The van der Waals surface area contributed by atoms with Crippen LogP contribution in [-0.2, 0) is 6.54 Å². The monoisotopic (exact) mass is 367 g/mol. The van der Waals surface area contributed by atoms with Crippen molar-refractivity contribution in [2.75, 3.05) is 20.3 Å². The molecule has 2 N–H and O–H groups in total. The Balaban J connectivity index is 0.00000361. The van der Waals surface area contributed by atoms with E-state index >= 15 is 0 Å². The highest BCUT2D eigenvalue weighted by Gasteiger charge is 2.18. The van der Waals surface area contributed by atoms with Gasteiger partial charge in [-0.3, -0.25) is 0 Å². The van der Waals surface area contributed by atoms with E-state index in [-0.39, 0.29) is 24.6 Å². The minimum atomic E-state index is -0.334. The molecule has 0 aromatic heterocycles. The van der Waals surface area contributed by atoms with Gasteiger partial charge in [0.1, 0.15) is 0 Å². The van der Waals surface area contributed by atoms with Crippen molar-refractivity contribution in [2.24, 2.45) is 0 Å². The molecule has 20 heavy (non-hydrogen) atoms. The van der Waals surface area contributed by atoms with E-state index in [1.807, 2.05) is 32.9 Å². The summed E-state index contributed by atoms with van der Waals surface area (Å²) in [6.07, 6.45) is 0. The Kier molecular flexibility index (Phi) is 8.51. The Labute approximate surface area is 135 Å². The predicted octanol–water partition coefficient (Wildman–Crippen LogP) is 3.14. The van der Waals surface area contributed by atoms with Gasteiger partial charge in [-0.15, -0.1) is 12.4 Å². The molecule has 0 unspecified atom stereocenters. The number of hydrogen-bond donors (Lipinski definition) is 2. The van der Waals surface area contributed by atoms with Crippen LogP contribution in [-0.4, -0.2) is 31.0 Å². The van der Waals surface area contributed by atoms with E-state index in [9.17, 15) is 5.11 Å². The molecule has 1 aromatic rings. The van der Waals surface area contributed by atoms with Gasteiger partial charge in [0.15, 0.2) is 11.5 Å². The molecule has 0 aliphatic rings. The van der Waals surface area contributed by atoms with Gasteiger partial charge in [-0.25, -0.2) is 0 Å². The molecular weight excluding hydrogens is 346 g/mol. The lowest BCUT2D eigenvalue weighted by Gasteiger charge is -2.24. The van der Waals surface area contributed by atoms with Gasteiger partial charge in [-0.05, 0) is 32.9 Å². The minimum Gasteiger partial charge on any atom is -0.493 e. The van der Waals surface area contributed by atoms with Crippen molar-refractivity contribution < 1.29 is 14.6 Å². The third-order valence-electron chi connectivity index (χ3n) is 2.76. The maximum absolute atomic E-state index is 9.27. The van der Waals surface area contributed by atoms with Gasteiger partial charge in [0.25, 0.3) is 0 Å². The Morgan fingerprint density at radius 2 is 2.00 bits per heavy atom. The van der Waals surface area contributed by atoms with Crippen LogP contribution in [0.1, 0.15) is 26.3 Å². The fraction of sp³-hybridized carbons (Fsp3) is 0.571. The van der Waals surface area contributed by atoms with E-state index < -0.39 is 0 Å². The molecule has 0 bridgehead atoms. The van der Waals surface area contributed by atoms with Crippen molar-refractivity contribution in [3.63, 3.8) is 0 Å². The van der Waals surface area contributed by atoms with Crippen LogP contribution in [0.4, 0.5) is 0 Å². The van der Waals surface area contributed by atoms with Crippen molar-refractivity contribution in [2.45, 2.75) is 32.9 Å². The van der Waals surface area contributed by atoms with Crippen LogP contribution in [0, 0.1) is 0 Å². The number of aliphatic hydroxyl groups is 1. The smallest absolute Gasteiger partial charge is 0.165 e. The van der Waals surface area contributed by atoms with Crippen LogP contribution < -0.4 is 14.8 Å². The number of ether oxygens (including phenoxy) is 2. The van der Waals surface area contributed by atoms with Crippen LogP contribution in [0.15, 0.2) is 16.6 Å². The van der Waals surface area contributed by atoms with Crippen LogP contribution in [0.2, 0.25) is 0 Å². The number of methoxy groups -OCH3 is 1. The highest BCUT2D eigenvalue weighted by atomic mass is 79.9. The summed E-state index contributed by atoms with van der Waals surface area (Å²) in [5.41, 5.74) is 0.661. The van der Waals surface area contributed by atoms with Gasteiger partial charge >= 0.3 is 0 Å². The fourth-order valence-electron chi connectivity index (χ4n) is 1.60. The van der Waals surface area contributed by atoms with Crippen molar-refractivity contribution >= 4 is 28.3 Å². The summed E-state index contributed by atoms with van der Waals surface area (Å²) in [7, 11) is 1.62. The molecule has 0 fully saturated rings. The molecule has 0 saturated heterocycles. The number of nitrogens with one attached hydrogen (secondary N) is 1. The third-order valence-corrected chi connectivity index (χ3v) is 3.22. The molecule has 0 heterocycles. The summed E-state index contributed by atoms with van der Waals surface area (Å²) in [5, 5.41) is 12.6. The van der Waals surface area contributed by atoms with E-state index in [2.05, 4.69) is 21.2 Å². The first-order valence-corrected chi connectivity index (χ1v) is 7.08. The maximum Gasteiger partial charge on any atom is 0.165 e. The zero-order valence-electron chi connectivity index (χ0n) is 12.3. The molecule has 1 rings (SSSR count). The normalized spacial score (nSPS) is 10.9. The lowest BCUT2D eigenvalue weighted by molar-refractivity contribution is 0.186. The van der Waals surface area contributed by atoms with E-state index in [0.29, 0.717) is 18.9 Å². The van der Waals surface area contributed by atoms with Gasteiger partial charge < -0.3 is 19.9 Å². The number of hydrogen-bond acceptors (Lipinski definition) is 4. The summed E-state index contributed by atoms with van der Waals surface area (Å²) in [6.45, 7) is 7.08. The van der Waals surface area contributed by atoms with Gasteiger partial charge in [0, 0.05) is 22.1 Å². The fourth-order valence-corrected chi connectivity index (χ4v) is 2.09. The van der Waals surface area contributed by atoms with E-state index in [0.717, 1.165) is 15.8 Å². The average molecular weight is 369 g/mol. The van der Waals surface area contributed by atoms with Gasteiger partial charge in [-0.2, -0.15) is 0 Å². The summed E-state index contributed by atoms with van der Waals surface area (Å²) in [5.74, 6) is 1.45. The quantitative estimate of drug-likeness (QED) is 0.776. The Morgan fingerprint density at radius 1 is 1.35 bits per heavy atom. The van der Waals surface area contributed by atoms with Gasteiger partial charge in [0.05, 0.1) is 20.3 Å². The summed E-state index contributed by atoms with van der Waals surface area (Å²) in [6, 6.07) is 3.87. The topological polar surface area (TPSA) is 50.7 Å². The van der Waals surface area contributed by atoms with Crippen LogP contribution >= 0.6 is 28.3 Å². The van der Waals surface area contributed by atoms with Gasteiger partial charge in [-0.1, -0.05) is 15.9 Å². The summed E-state index contributed by atoms with van der Waals surface area (Å²) >= 11 is 3.46. The van der Waals surface area contributed by atoms with Crippen molar-refractivity contribution in [1.82, 2.24) is 5.32 Å². The first-order chi connectivity index (χ1) is 8.93. The second kappa shape index (κ2) is 8.72. The molecule has 1 aromatic carbocycles.